The number of rotatable bonds is 4. The highest BCUT2D eigenvalue weighted by molar-refractivity contribution is 4.76. The summed E-state index contributed by atoms with van der Waals surface area (Å²) in [6.45, 7) is -0.305. The Bertz CT molecular complexity index is 120. The molecule has 2 unspecified atom stereocenters. The minimum absolute atomic E-state index is 0.296. The Morgan fingerprint density at radius 2 is 2.09 bits per heavy atom. The Morgan fingerprint density at radius 3 is 2.45 bits per heavy atom. The van der Waals surface area contributed by atoms with Crippen molar-refractivity contribution in [3.05, 3.63) is 0 Å². The minimum atomic E-state index is -2.14. The van der Waals surface area contributed by atoms with Crippen molar-refractivity contribution in [3.8, 4) is 0 Å². The molecule has 0 amide bonds. The monoisotopic (exact) mass is 169 g/mol. The lowest BCUT2D eigenvalue weighted by atomic mass is 10.2. The standard InChI is InChI=1S/C6H10F3NO/c7-1-5(8)6(9)11-4-2-10-3-4/h4-6,10H,1-3H2. The molecule has 0 spiro atoms. The van der Waals surface area contributed by atoms with Crippen LogP contribution in [0.2, 0.25) is 0 Å². The van der Waals surface area contributed by atoms with Gasteiger partial charge in [0, 0.05) is 13.1 Å². The van der Waals surface area contributed by atoms with Crippen LogP contribution in [-0.2, 0) is 4.74 Å². The maximum Gasteiger partial charge on any atom is 0.233 e. The summed E-state index contributed by atoms with van der Waals surface area (Å²) in [4.78, 5) is 0. The van der Waals surface area contributed by atoms with E-state index < -0.39 is 19.2 Å². The quantitative estimate of drug-likeness (QED) is 0.664. The van der Waals surface area contributed by atoms with E-state index in [1.165, 1.54) is 0 Å². The van der Waals surface area contributed by atoms with Gasteiger partial charge in [0.05, 0.1) is 6.10 Å². The molecule has 1 heterocycles. The van der Waals surface area contributed by atoms with Crippen LogP contribution in [0.25, 0.3) is 0 Å². The molecular formula is C6H10F3NO. The zero-order valence-corrected chi connectivity index (χ0v) is 5.90. The molecule has 1 fully saturated rings. The maximum atomic E-state index is 12.4. The van der Waals surface area contributed by atoms with Crippen LogP contribution < -0.4 is 5.32 Å². The Labute approximate surface area is 62.7 Å². The summed E-state index contributed by atoms with van der Waals surface area (Å²) in [6, 6.07) is 0. The third-order valence-electron chi connectivity index (χ3n) is 1.50. The number of hydrogen-bond acceptors (Lipinski definition) is 2. The molecule has 0 aromatic carbocycles. The van der Waals surface area contributed by atoms with Gasteiger partial charge >= 0.3 is 0 Å². The van der Waals surface area contributed by atoms with Gasteiger partial charge < -0.3 is 10.1 Å². The number of nitrogens with one attached hydrogen (secondary N) is 1. The molecule has 11 heavy (non-hydrogen) atoms. The number of hydrogen-bond donors (Lipinski definition) is 1. The molecule has 0 bridgehead atoms. The van der Waals surface area contributed by atoms with E-state index in [0.29, 0.717) is 13.1 Å². The average molecular weight is 169 g/mol. The third kappa shape index (κ3) is 2.34. The van der Waals surface area contributed by atoms with Crippen molar-refractivity contribution < 1.29 is 17.9 Å². The fourth-order valence-electron chi connectivity index (χ4n) is 0.698. The van der Waals surface area contributed by atoms with E-state index in [0.717, 1.165) is 0 Å². The first-order valence-corrected chi connectivity index (χ1v) is 3.44. The van der Waals surface area contributed by atoms with Gasteiger partial charge in [-0.2, -0.15) is 0 Å². The number of ether oxygens (including phenoxy) is 1. The first-order valence-electron chi connectivity index (χ1n) is 3.44. The largest absolute Gasteiger partial charge is 0.340 e. The molecule has 0 aliphatic carbocycles. The second-order valence-corrected chi connectivity index (χ2v) is 2.44. The third-order valence-corrected chi connectivity index (χ3v) is 1.50. The van der Waals surface area contributed by atoms with Crippen molar-refractivity contribution in [1.29, 1.82) is 0 Å². The molecule has 0 saturated carbocycles. The SMILES string of the molecule is FCC(F)C(F)OC1CNC1. The second kappa shape index (κ2) is 3.92. The fourth-order valence-corrected chi connectivity index (χ4v) is 0.698. The van der Waals surface area contributed by atoms with Gasteiger partial charge in [-0.05, 0) is 0 Å². The molecule has 1 aliphatic rings. The summed E-state index contributed by atoms with van der Waals surface area (Å²) in [7, 11) is 0. The predicted octanol–water partition coefficient (Wildman–Crippen LogP) is 0.578. The lowest BCUT2D eigenvalue weighted by molar-refractivity contribution is -0.139. The maximum absolute atomic E-state index is 12.4. The van der Waals surface area contributed by atoms with Gasteiger partial charge in [0.25, 0.3) is 0 Å². The predicted molar refractivity (Wildman–Crippen MR) is 33.5 cm³/mol. The van der Waals surface area contributed by atoms with Gasteiger partial charge in [-0.1, -0.05) is 0 Å². The van der Waals surface area contributed by atoms with Crippen LogP contribution in [0, 0.1) is 0 Å². The highest BCUT2D eigenvalue weighted by Gasteiger charge is 2.27. The number of halogens is 3. The Balaban J connectivity index is 2.13. The van der Waals surface area contributed by atoms with E-state index in [-0.39, 0.29) is 6.10 Å². The van der Waals surface area contributed by atoms with Gasteiger partial charge in [0.2, 0.25) is 6.36 Å². The van der Waals surface area contributed by atoms with Gasteiger partial charge in [0.15, 0.2) is 6.17 Å². The van der Waals surface area contributed by atoms with Crippen molar-refractivity contribution >= 4 is 0 Å². The molecule has 2 atom stereocenters. The first-order chi connectivity index (χ1) is 5.24. The van der Waals surface area contributed by atoms with Crippen LogP contribution >= 0.6 is 0 Å². The Hall–Kier alpha value is -0.290. The fraction of sp³-hybridized carbons (Fsp3) is 1.00. The lowest BCUT2D eigenvalue weighted by Gasteiger charge is -2.28. The summed E-state index contributed by atoms with van der Waals surface area (Å²) < 4.78 is 40.5. The molecule has 1 aliphatic heterocycles. The average Bonchev–Trinajstić information content (AvgIpc) is 1.94. The molecule has 0 aromatic rings. The lowest BCUT2D eigenvalue weighted by Crippen LogP contribution is -2.50. The van der Waals surface area contributed by atoms with Crippen LogP contribution in [0.1, 0.15) is 0 Å². The van der Waals surface area contributed by atoms with Crippen molar-refractivity contribution in [2.45, 2.75) is 18.6 Å². The van der Waals surface area contributed by atoms with Gasteiger partial charge in [-0.15, -0.1) is 0 Å². The molecule has 1 saturated heterocycles. The van der Waals surface area contributed by atoms with E-state index in [4.69, 9.17) is 0 Å². The van der Waals surface area contributed by atoms with Gasteiger partial charge in [-0.25, -0.2) is 13.2 Å². The van der Waals surface area contributed by atoms with Crippen LogP contribution in [0.15, 0.2) is 0 Å². The van der Waals surface area contributed by atoms with Crippen molar-refractivity contribution in [2.24, 2.45) is 0 Å². The van der Waals surface area contributed by atoms with Gasteiger partial charge in [0.1, 0.15) is 6.67 Å². The first kappa shape index (κ1) is 8.80. The second-order valence-electron chi connectivity index (χ2n) is 2.44. The van der Waals surface area contributed by atoms with Crippen LogP contribution in [0.5, 0.6) is 0 Å². The smallest absolute Gasteiger partial charge is 0.233 e. The highest BCUT2D eigenvalue weighted by atomic mass is 19.2. The van der Waals surface area contributed by atoms with E-state index in [2.05, 4.69) is 10.1 Å². The normalized spacial score (nSPS) is 24.3. The minimum Gasteiger partial charge on any atom is -0.340 e. The summed E-state index contributed by atoms with van der Waals surface area (Å²) in [5, 5.41) is 2.82. The molecule has 1 N–H and O–H groups in total. The Kier molecular flexibility index (Phi) is 3.14. The van der Waals surface area contributed by atoms with E-state index in [1.54, 1.807) is 0 Å². The zero-order chi connectivity index (χ0) is 8.27. The summed E-state index contributed by atoms with van der Waals surface area (Å²) in [5.74, 6) is 0. The molecule has 0 radical (unpaired) electrons. The summed E-state index contributed by atoms with van der Waals surface area (Å²) in [5.41, 5.74) is 0. The van der Waals surface area contributed by atoms with Crippen LogP contribution in [0.4, 0.5) is 13.2 Å². The molecule has 66 valence electrons. The van der Waals surface area contributed by atoms with Crippen molar-refractivity contribution in [2.75, 3.05) is 19.8 Å². The van der Waals surface area contributed by atoms with Crippen LogP contribution in [0.3, 0.4) is 0 Å². The summed E-state index contributed by atoms with van der Waals surface area (Å²) >= 11 is 0. The van der Waals surface area contributed by atoms with Gasteiger partial charge in [-0.3, -0.25) is 0 Å². The summed E-state index contributed by atoms with van der Waals surface area (Å²) in [6.07, 6.45) is -4.56. The zero-order valence-electron chi connectivity index (χ0n) is 5.90. The molecule has 2 nitrogen and oxygen atoms in total. The molecule has 0 aromatic heterocycles. The topological polar surface area (TPSA) is 21.3 Å². The van der Waals surface area contributed by atoms with E-state index in [1.807, 2.05) is 0 Å². The highest BCUT2D eigenvalue weighted by Crippen LogP contribution is 2.11. The molecular weight excluding hydrogens is 159 g/mol. The van der Waals surface area contributed by atoms with E-state index in [9.17, 15) is 13.2 Å². The molecule has 5 heteroatoms. The Morgan fingerprint density at radius 1 is 1.45 bits per heavy atom. The van der Waals surface area contributed by atoms with E-state index >= 15 is 0 Å². The number of alkyl halides is 3. The van der Waals surface area contributed by atoms with Crippen molar-refractivity contribution in [1.82, 2.24) is 5.32 Å². The van der Waals surface area contributed by atoms with Crippen molar-refractivity contribution in [3.63, 3.8) is 0 Å². The van der Waals surface area contributed by atoms with Crippen LogP contribution in [-0.4, -0.2) is 38.4 Å². The molecule has 1 rings (SSSR count).